The average molecular weight is 217 g/mol. The molecule has 0 bridgehead atoms. The summed E-state index contributed by atoms with van der Waals surface area (Å²) < 4.78 is 5.11. The maximum Gasteiger partial charge on any atom is 0.143 e. The van der Waals surface area contributed by atoms with Crippen molar-refractivity contribution < 1.29 is 15.1 Å². The van der Waals surface area contributed by atoms with Gasteiger partial charge in [-0.25, -0.2) is 0 Å². The molecule has 0 saturated carbocycles. The lowest BCUT2D eigenvalue weighted by Gasteiger charge is -2.21. The maximum atomic E-state index is 9.90. The summed E-state index contributed by atoms with van der Waals surface area (Å²) in [7, 11) is 0. The van der Waals surface area contributed by atoms with Crippen LogP contribution in [0.1, 0.15) is 13.3 Å². The third-order valence-electron chi connectivity index (χ3n) is 2.61. The maximum absolute atomic E-state index is 9.90. The Labute approximate surface area is 89.1 Å². The van der Waals surface area contributed by atoms with Crippen LogP contribution in [0, 0.1) is 5.92 Å². The molecule has 1 heterocycles. The molecule has 5 N–H and O–H groups in total. The highest BCUT2D eigenvalue weighted by Crippen LogP contribution is 2.16. The SMILES string of the molecule is CC(CNCC1(O)CCOC1)C(N)=NO. The number of hydrogen-bond acceptors (Lipinski definition) is 5. The van der Waals surface area contributed by atoms with Gasteiger partial charge in [0.15, 0.2) is 0 Å². The van der Waals surface area contributed by atoms with Crippen LogP contribution in [-0.4, -0.2) is 48.1 Å². The van der Waals surface area contributed by atoms with Crippen molar-refractivity contribution in [3.05, 3.63) is 0 Å². The third kappa shape index (κ3) is 3.65. The van der Waals surface area contributed by atoms with Crippen molar-refractivity contribution in [2.24, 2.45) is 16.8 Å². The number of amidine groups is 1. The van der Waals surface area contributed by atoms with Gasteiger partial charge in [-0.15, -0.1) is 0 Å². The van der Waals surface area contributed by atoms with Crippen LogP contribution >= 0.6 is 0 Å². The first kappa shape index (κ1) is 12.2. The molecular formula is C9H19N3O3. The first-order chi connectivity index (χ1) is 7.07. The number of ether oxygens (including phenoxy) is 1. The zero-order chi connectivity index (χ0) is 11.3. The van der Waals surface area contributed by atoms with Gasteiger partial charge in [-0.3, -0.25) is 0 Å². The third-order valence-corrected chi connectivity index (χ3v) is 2.61. The van der Waals surface area contributed by atoms with E-state index in [1.165, 1.54) is 0 Å². The zero-order valence-corrected chi connectivity index (χ0v) is 8.94. The summed E-state index contributed by atoms with van der Waals surface area (Å²) in [6.07, 6.45) is 0.651. The molecule has 2 unspecified atom stereocenters. The summed E-state index contributed by atoms with van der Waals surface area (Å²) in [4.78, 5) is 0. The van der Waals surface area contributed by atoms with E-state index in [9.17, 15) is 5.11 Å². The molecule has 2 atom stereocenters. The highest BCUT2D eigenvalue weighted by molar-refractivity contribution is 5.82. The lowest BCUT2D eigenvalue weighted by atomic mass is 10.0. The van der Waals surface area contributed by atoms with Crippen LogP contribution in [0.2, 0.25) is 0 Å². The molecule has 1 rings (SSSR count). The standard InChI is InChI=1S/C9H19N3O3/c1-7(8(10)12-14)4-11-5-9(13)2-3-15-6-9/h7,11,13-14H,2-6H2,1H3,(H2,10,12). The quantitative estimate of drug-likeness (QED) is 0.207. The van der Waals surface area contributed by atoms with E-state index in [1.54, 1.807) is 0 Å². The van der Waals surface area contributed by atoms with E-state index in [0.717, 1.165) is 0 Å². The van der Waals surface area contributed by atoms with Crippen LogP contribution in [0.3, 0.4) is 0 Å². The molecule has 0 aromatic carbocycles. The molecule has 15 heavy (non-hydrogen) atoms. The molecule has 0 amide bonds. The fourth-order valence-electron chi connectivity index (χ4n) is 1.46. The molecule has 88 valence electrons. The Kier molecular flexibility index (Phi) is 4.31. The van der Waals surface area contributed by atoms with Crippen LogP contribution in [0.5, 0.6) is 0 Å². The topological polar surface area (TPSA) is 100 Å². The monoisotopic (exact) mass is 217 g/mol. The molecule has 1 aliphatic heterocycles. The smallest absolute Gasteiger partial charge is 0.143 e. The highest BCUT2D eigenvalue weighted by Gasteiger charge is 2.31. The Hall–Kier alpha value is -0.850. The van der Waals surface area contributed by atoms with Crippen molar-refractivity contribution in [2.75, 3.05) is 26.3 Å². The Bertz CT molecular complexity index is 227. The molecule has 6 nitrogen and oxygen atoms in total. The second kappa shape index (κ2) is 5.29. The zero-order valence-electron chi connectivity index (χ0n) is 8.94. The first-order valence-electron chi connectivity index (χ1n) is 5.06. The lowest BCUT2D eigenvalue weighted by Crippen LogP contribution is -2.43. The van der Waals surface area contributed by atoms with Crippen molar-refractivity contribution in [1.82, 2.24) is 5.32 Å². The number of rotatable bonds is 5. The van der Waals surface area contributed by atoms with E-state index in [4.69, 9.17) is 15.7 Å². The fraction of sp³-hybridized carbons (Fsp3) is 0.889. The molecule has 0 aromatic heterocycles. The van der Waals surface area contributed by atoms with Crippen LogP contribution < -0.4 is 11.1 Å². The average Bonchev–Trinajstić information content (AvgIpc) is 2.64. The van der Waals surface area contributed by atoms with Crippen molar-refractivity contribution in [2.45, 2.75) is 18.9 Å². The number of aliphatic hydroxyl groups is 1. The number of hydrogen-bond donors (Lipinski definition) is 4. The second-order valence-corrected chi connectivity index (χ2v) is 4.08. The van der Waals surface area contributed by atoms with Crippen molar-refractivity contribution in [3.63, 3.8) is 0 Å². The summed E-state index contributed by atoms with van der Waals surface area (Å²) >= 11 is 0. The highest BCUT2D eigenvalue weighted by atomic mass is 16.5. The van der Waals surface area contributed by atoms with Gasteiger partial charge in [0, 0.05) is 32.0 Å². The summed E-state index contributed by atoms with van der Waals surface area (Å²) in [5.41, 5.74) is 4.66. The molecule has 1 saturated heterocycles. The second-order valence-electron chi connectivity index (χ2n) is 4.08. The van der Waals surface area contributed by atoms with Gasteiger partial charge in [-0.1, -0.05) is 12.1 Å². The van der Waals surface area contributed by atoms with Crippen molar-refractivity contribution in [3.8, 4) is 0 Å². The fourth-order valence-corrected chi connectivity index (χ4v) is 1.46. The molecular weight excluding hydrogens is 198 g/mol. The Morgan fingerprint density at radius 2 is 2.47 bits per heavy atom. The van der Waals surface area contributed by atoms with Gasteiger partial charge in [0.1, 0.15) is 11.4 Å². The van der Waals surface area contributed by atoms with Gasteiger partial charge in [0.2, 0.25) is 0 Å². The van der Waals surface area contributed by atoms with Crippen molar-refractivity contribution in [1.29, 1.82) is 0 Å². The Morgan fingerprint density at radius 1 is 1.73 bits per heavy atom. The van der Waals surface area contributed by atoms with Gasteiger partial charge in [0.25, 0.3) is 0 Å². The van der Waals surface area contributed by atoms with Crippen LogP contribution in [-0.2, 0) is 4.74 Å². The molecule has 0 radical (unpaired) electrons. The van der Waals surface area contributed by atoms with Crippen LogP contribution in [0.25, 0.3) is 0 Å². The van der Waals surface area contributed by atoms with Gasteiger partial charge in [-0.05, 0) is 0 Å². The number of nitrogens with two attached hydrogens (primary N) is 1. The molecule has 6 heteroatoms. The first-order valence-corrected chi connectivity index (χ1v) is 5.06. The van der Waals surface area contributed by atoms with Gasteiger partial charge < -0.3 is 26.1 Å². The number of oxime groups is 1. The molecule has 1 aliphatic rings. The minimum absolute atomic E-state index is 0.0547. The summed E-state index contributed by atoms with van der Waals surface area (Å²) in [6.45, 7) is 3.86. The molecule has 0 spiro atoms. The number of nitrogens with one attached hydrogen (secondary N) is 1. The van der Waals surface area contributed by atoms with Gasteiger partial charge in [0.05, 0.1) is 6.61 Å². The Morgan fingerprint density at radius 3 is 3.00 bits per heavy atom. The summed E-state index contributed by atoms with van der Waals surface area (Å²) in [5.74, 6) is 0.137. The van der Waals surface area contributed by atoms with E-state index in [1.807, 2.05) is 6.92 Å². The largest absolute Gasteiger partial charge is 0.409 e. The van der Waals surface area contributed by atoms with Crippen LogP contribution in [0.15, 0.2) is 5.16 Å². The minimum Gasteiger partial charge on any atom is -0.409 e. The van der Waals surface area contributed by atoms with Gasteiger partial charge in [-0.2, -0.15) is 0 Å². The lowest BCUT2D eigenvalue weighted by molar-refractivity contribution is 0.0269. The normalized spacial score (nSPS) is 29.3. The van der Waals surface area contributed by atoms with Gasteiger partial charge >= 0.3 is 0 Å². The van der Waals surface area contributed by atoms with E-state index >= 15 is 0 Å². The van der Waals surface area contributed by atoms with E-state index in [-0.39, 0.29) is 11.8 Å². The van der Waals surface area contributed by atoms with E-state index < -0.39 is 5.60 Å². The predicted molar refractivity (Wildman–Crippen MR) is 55.8 cm³/mol. The summed E-state index contributed by atoms with van der Waals surface area (Å²) in [5, 5.41) is 24.3. The van der Waals surface area contributed by atoms with Crippen molar-refractivity contribution >= 4 is 5.84 Å². The van der Waals surface area contributed by atoms with E-state index in [0.29, 0.717) is 32.7 Å². The minimum atomic E-state index is -0.759. The summed E-state index contributed by atoms with van der Waals surface area (Å²) in [6, 6.07) is 0. The predicted octanol–water partition coefficient (Wildman–Crippen LogP) is -0.890. The number of nitrogens with zero attached hydrogens (tertiary/aromatic N) is 1. The van der Waals surface area contributed by atoms with Crippen LogP contribution in [0.4, 0.5) is 0 Å². The molecule has 0 aromatic rings. The molecule has 0 aliphatic carbocycles. The Balaban J connectivity index is 2.21. The van der Waals surface area contributed by atoms with E-state index in [2.05, 4.69) is 10.5 Å². The molecule has 1 fully saturated rings.